The van der Waals surface area contributed by atoms with Crippen LogP contribution in [0, 0.1) is 6.92 Å². The third-order valence-electron chi connectivity index (χ3n) is 13.4. The van der Waals surface area contributed by atoms with E-state index >= 15 is 0 Å². The average Bonchev–Trinajstić information content (AvgIpc) is 1.88. The smallest absolute Gasteiger partial charge is 0.367 e. The van der Waals surface area contributed by atoms with Gasteiger partial charge in [-0.2, -0.15) is 17.6 Å². The quantitative estimate of drug-likeness (QED) is 0.0442. The van der Waals surface area contributed by atoms with Gasteiger partial charge in [0.05, 0.1) is 32.9 Å². The Balaban J connectivity index is 0.000000217. The maximum Gasteiger partial charge on any atom is 0.367 e. The Kier molecular flexibility index (Phi) is 24.6. The Morgan fingerprint density at radius 3 is 0.753 bits per heavy atom. The van der Waals surface area contributed by atoms with Crippen LogP contribution in [0.25, 0.3) is 0 Å². The normalized spacial score (nSPS) is 12.3. The highest BCUT2D eigenvalue weighted by molar-refractivity contribution is 7.97. The number of aryl methyl sites for hydroxylation is 1. The maximum atomic E-state index is 13.2. The lowest BCUT2D eigenvalue weighted by Crippen LogP contribution is -2.34. The number of ether oxygens (including phenoxy) is 2. The van der Waals surface area contributed by atoms with Gasteiger partial charge in [-0.1, -0.05) is 204 Å². The molecule has 0 heterocycles. The van der Waals surface area contributed by atoms with Crippen molar-refractivity contribution in [2.24, 2.45) is 0 Å². The fraction of sp³-hybridized carbons (Fsp3) is 0.296. The molecule has 474 valence electrons. The van der Waals surface area contributed by atoms with Crippen LogP contribution < -0.4 is 0 Å². The molecule has 0 unspecified atom stereocenters. The number of benzene rings is 8. The van der Waals surface area contributed by atoms with Crippen LogP contribution in [-0.2, 0) is 73.2 Å². The summed E-state index contributed by atoms with van der Waals surface area (Å²) in [5.74, 6) is -2.22. The second-order valence-electron chi connectivity index (χ2n) is 24.9. The van der Waals surface area contributed by atoms with Crippen molar-refractivity contribution < 1.29 is 62.6 Å². The van der Waals surface area contributed by atoms with E-state index in [2.05, 4.69) is 192 Å². The SMILES string of the molecule is CC(C)(C)c1cc(C(=O)OCC(F)(F)S(=O)(=O)[O-])cc(C(C)(C)C)c1.CC(C)(C)c1cc(C(=O)OCC(F)(F)S(=O)(=O)[O-])cc(C(C)(C)C)c1.Cc1ccc([S+](c2ccccc2)c2ccccc2)cc1.c1ccc([S+](c2ccccc2)c2ccccc2)cc1. The first-order valence-electron chi connectivity index (χ1n) is 28.3. The third-order valence-corrected chi connectivity index (χ3v) is 19.6. The molecular formula is C71H78F4O10S4. The van der Waals surface area contributed by atoms with Crippen molar-refractivity contribution in [2.75, 3.05) is 13.2 Å². The minimum Gasteiger partial charge on any atom is -0.743 e. The molecule has 8 aromatic carbocycles. The minimum absolute atomic E-state index is 0.0146. The molecule has 0 atom stereocenters. The molecule has 0 aliphatic heterocycles. The van der Waals surface area contributed by atoms with Crippen molar-refractivity contribution in [2.45, 2.75) is 152 Å². The average molecular weight is 1300 g/mol. The van der Waals surface area contributed by atoms with Crippen LogP contribution in [0.4, 0.5) is 17.6 Å². The van der Waals surface area contributed by atoms with E-state index in [4.69, 9.17) is 0 Å². The Morgan fingerprint density at radius 2 is 0.562 bits per heavy atom. The van der Waals surface area contributed by atoms with Gasteiger partial charge in [0.2, 0.25) is 0 Å². The molecule has 0 aromatic heterocycles. The molecular weight excluding hydrogens is 1220 g/mol. The summed E-state index contributed by atoms with van der Waals surface area (Å²) >= 11 is 0. The highest BCUT2D eigenvalue weighted by Gasteiger charge is 2.41. The molecule has 0 saturated heterocycles. The first-order chi connectivity index (χ1) is 41.2. The van der Waals surface area contributed by atoms with E-state index in [0.717, 1.165) is 22.3 Å². The van der Waals surface area contributed by atoms with Crippen LogP contribution in [0.3, 0.4) is 0 Å². The molecule has 8 rings (SSSR count). The summed E-state index contributed by atoms with van der Waals surface area (Å²) in [7, 11) is -11.8. The molecule has 89 heavy (non-hydrogen) atoms. The molecule has 0 spiro atoms. The van der Waals surface area contributed by atoms with Crippen LogP contribution >= 0.6 is 0 Å². The lowest BCUT2D eigenvalue weighted by Gasteiger charge is -2.26. The number of halogens is 4. The third kappa shape index (κ3) is 21.6. The van der Waals surface area contributed by atoms with Gasteiger partial charge in [-0.25, -0.2) is 26.4 Å². The predicted octanol–water partition coefficient (Wildman–Crippen LogP) is 17.0. The van der Waals surface area contributed by atoms with E-state index in [1.807, 2.05) is 95.2 Å². The number of esters is 2. The molecule has 8 aromatic rings. The van der Waals surface area contributed by atoms with Crippen molar-refractivity contribution in [3.05, 3.63) is 251 Å². The Hall–Kier alpha value is -7.06. The summed E-state index contributed by atoms with van der Waals surface area (Å²) in [5.41, 5.74) is 3.33. The van der Waals surface area contributed by atoms with Crippen LogP contribution in [-0.4, -0.2) is 61.6 Å². The molecule has 0 bridgehead atoms. The highest BCUT2D eigenvalue weighted by atomic mass is 32.2. The summed E-state index contributed by atoms with van der Waals surface area (Å²) in [4.78, 5) is 32.4. The van der Waals surface area contributed by atoms with E-state index < -0.39 is 55.9 Å². The fourth-order valence-electron chi connectivity index (χ4n) is 8.11. The highest BCUT2D eigenvalue weighted by Crippen LogP contribution is 2.35. The summed E-state index contributed by atoms with van der Waals surface area (Å²) in [6.07, 6.45) is 0. The van der Waals surface area contributed by atoms with Gasteiger partial charge in [-0.05, 0) is 148 Å². The van der Waals surface area contributed by atoms with Crippen molar-refractivity contribution in [1.29, 1.82) is 0 Å². The Morgan fingerprint density at radius 1 is 0.360 bits per heavy atom. The van der Waals surface area contributed by atoms with Crippen LogP contribution in [0.2, 0.25) is 0 Å². The largest absolute Gasteiger partial charge is 0.743 e. The monoisotopic (exact) mass is 1290 g/mol. The number of rotatable bonds is 14. The van der Waals surface area contributed by atoms with E-state index in [9.17, 15) is 53.1 Å². The number of hydrogen-bond donors (Lipinski definition) is 0. The number of carbonyl (C=O) groups is 2. The van der Waals surface area contributed by atoms with Crippen LogP contribution in [0.1, 0.15) is 132 Å². The zero-order valence-corrected chi connectivity index (χ0v) is 55.6. The molecule has 18 heteroatoms. The molecule has 0 amide bonds. The summed E-state index contributed by atoms with van der Waals surface area (Å²) < 4.78 is 124. The Bertz CT molecular complexity index is 3480. The van der Waals surface area contributed by atoms with Gasteiger partial charge in [0.15, 0.2) is 62.8 Å². The fourth-order valence-corrected chi connectivity index (χ4v) is 12.7. The molecule has 0 fully saturated rings. The molecule has 0 radical (unpaired) electrons. The minimum atomic E-state index is -5.90. The molecule has 0 N–H and O–H groups in total. The molecule has 0 aliphatic carbocycles. The molecule has 0 saturated carbocycles. The lowest BCUT2D eigenvalue weighted by molar-refractivity contribution is -0.0101. The zero-order valence-electron chi connectivity index (χ0n) is 52.3. The molecule has 0 aliphatic rings. The second-order valence-corrected chi connectivity index (χ2v) is 32.0. The van der Waals surface area contributed by atoms with Gasteiger partial charge in [0.25, 0.3) is 0 Å². The van der Waals surface area contributed by atoms with E-state index in [0.29, 0.717) is 0 Å². The number of alkyl halides is 4. The summed E-state index contributed by atoms with van der Waals surface area (Å²) in [6.45, 7) is 21.7. The first-order valence-corrected chi connectivity index (χ1v) is 33.6. The summed E-state index contributed by atoms with van der Waals surface area (Å²) in [5, 5.41) is -9.34. The van der Waals surface area contributed by atoms with Gasteiger partial charge in [0.1, 0.15) is 0 Å². The maximum absolute atomic E-state index is 13.2. The van der Waals surface area contributed by atoms with E-state index in [1.165, 1.54) is 59.2 Å². The lowest BCUT2D eigenvalue weighted by atomic mass is 9.79. The van der Waals surface area contributed by atoms with Crippen molar-refractivity contribution >= 4 is 54.0 Å². The van der Waals surface area contributed by atoms with Crippen molar-refractivity contribution in [3.63, 3.8) is 0 Å². The standard InChI is InChI=1S/C19H17S.C18H15S.2C17H24F2O5S/c1-16-12-14-19(15-13-16)20(17-8-4-2-5-9-17)18-10-6-3-7-11-18;1-4-10-16(11-5-1)19(17-12-6-2-7-13-17)18-14-8-3-9-15-18;2*1-15(2,3)12-7-11(8-13(9-12)16(4,5)6)14(20)24-10-17(18,19)25(21,22)23/h2-15H,1H3;1-15H;2*7-9H,10H2,1-6H3,(H,21,22,23)/q2*+1;;/p-2. The summed E-state index contributed by atoms with van der Waals surface area (Å²) in [6, 6.07) is 72.4. The van der Waals surface area contributed by atoms with Crippen LogP contribution in [0.15, 0.2) is 242 Å². The Labute approximate surface area is 529 Å². The topological polar surface area (TPSA) is 167 Å². The van der Waals surface area contributed by atoms with Gasteiger partial charge in [0, 0.05) is 0 Å². The first kappa shape index (κ1) is 72.7. The number of hydrogen-bond acceptors (Lipinski definition) is 10. The van der Waals surface area contributed by atoms with Crippen LogP contribution in [0.5, 0.6) is 0 Å². The number of carbonyl (C=O) groups excluding carboxylic acids is 2. The van der Waals surface area contributed by atoms with Gasteiger partial charge in [-0.3, -0.25) is 0 Å². The second kappa shape index (κ2) is 30.2. The van der Waals surface area contributed by atoms with E-state index in [-0.39, 0.29) is 54.6 Å². The van der Waals surface area contributed by atoms with Gasteiger partial charge >= 0.3 is 22.4 Å². The van der Waals surface area contributed by atoms with Crippen molar-refractivity contribution in [1.82, 2.24) is 0 Å². The zero-order chi connectivity index (χ0) is 66.4. The van der Waals surface area contributed by atoms with Gasteiger partial charge < -0.3 is 18.6 Å². The predicted molar refractivity (Wildman–Crippen MR) is 345 cm³/mol. The van der Waals surface area contributed by atoms with Gasteiger partial charge in [-0.15, -0.1) is 0 Å². The van der Waals surface area contributed by atoms with Crippen molar-refractivity contribution in [3.8, 4) is 0 Å². The van der Waals surface area contributed by atoms with E-state index in [1.54, 1.807) is 0 Å². The molecule has 10 nitrogen and oxygen atoms in total.